The van der Waals surface area contributed by atoms with Gasteiger partial charge in [0, 0.05) is 5.69 Å². The maximum absolute atomic E-state index is 11.6. The molecule has 1 amide bonds. The van der Waals surface area contributed by atoms with E-state index in [1.165, 1.54) is 20.0 Å². The van der Waals surface area contributed by atoms with Crippen molar-refractivity contribution < 1.29 is 14.3 Å². The van der Waals surface area contributed by atoms with Gasteiger partial charge in [-0.1, -0.05) is 0 Å². The Morgan fingerprint density at radius 1 is 1.25 bits per heavy atom. The fourth-order valence-electron chi connectivity index (χ4n) is 1.72. The highest BCUT2D eigenvalue weighted by Crippen LogP contribution is 2.27. The lowest BCUT2D eigenvalue weighted by molar-refractivity contribution is -0.115. The van der Waals surface area contributed by atoms with Gasteiger partial charge in [-0.2, -0.15) is 0 Å². The van der Waals surface area contributed by atoms with E-state index in [1.807, 2.05) is 0 Å². The Bertz CT molecular complexity index is 458. The largest absolute Gasteiger partial charge is 0.465 e. The van der Waals surface area contributed by atoms with Gasteiger partial charge in [0.1, 0.15) is 0 Å². The predicted molar refractivity (Wildman–Crippen MR) is 79.3 cm³/mol. The number of nitrogens with one attached hydrogen (secondary N) is 2. The monoisotopic (exact) mass is 298 g/mol. The summed E-state index contributed by atoms with van der Waals surface area (Å²) >= 11 is 0. The molecule has 2 rings (SSSR count). The average molecular weight is 299 g/mol. The number of ether oxygens (including phenoxy) is 1. The Hall–Kier alpha value is -1.59. The van der Waals surface area contributed by atoms with Crippen molar-refractivity contribution in [2.45, 2.75) is 12.8 Å². The molecule has 20 heavy (non-hydrogen) atoms. The van der Waals surface area contributed by atoms with Crippen LogP contribution in [0.25, 0.3) is 0 Å². The smallest absolute Gasteiger partial charge is 0.337 e. The highest BCUT2D eigenvalue weighted by Gasteiger charge is 2.20. The van der Waals surface area contributed by atoms with Crippen LogP contribution in [0, 0.1) is 5.92 Å². The summed E-state index contributed by atoms with van der Waals surface area (Å²) in [6, 6.07) is 6.62. The lowest BCUT2D eigenvalue weighted by atomic mass is 10.2. The van der Waals surface area contributed by atoms with Crippen LogP contribution >= 0.6 is 12.4 Å². The van der Waals surface area contributed by atoms with Crippen LogP contribution in [0.2, 0.25) is 0 Å². The van der Waals surface area contributed by atoms with Crippen LogP contribution in [0.4, 0.5) is 5.69 Å². The molecule has 0 saturated heterocycles. The summed E-state index contributed by atoms with van der Waals surface area (Å²) in [7, 11) is 1.34. The van der Waals surface area contributed by atoms with E-state index in [0.717, 1.165) is 12.5 Å². The maximum atomic E-state index is 11.6. The standard InChI is InChI=1S/C14H18N2O3.ClH/c1-19-14(18)11-4-6-12(7-5-11)16-13(17)9-15-8-10-2-3-10;/h4-7,10,15H,2-3,8-9H2,1H3,(H,16,17);1H. The first kappa shape index (κ1) is 16.5. The lowest BCUT2D eigenvalue weighted by Gasteiger charge is -2.07. The van der Waals surface area contributed by atoms with Gasteiger partial charge in [-0.15, -0.1) is 12.4 Å². The number of amides is 1. The molecule has 0 spiro atoms. The second-order valence-electron chi connectivity index (χ2n) is 4.69. The molecule has 1 aliphatic rings. The Morgan fingerprint density at radius 3 is 2.45 bits per heavy atom. The predicted octanol–water partition coefficient (Wildman–Crippen LogP) is 1.83. The van der Waals surface area contributed by atoms with Gasteiger partial charge in [-0.05, 0) is 49.6 Å². The highest BCUT2D eigenvalue weighted by atomic mass is 35.5. The van der Waals surface area contributed by atoms with E-state index in [-0.39, 0.29) is 24.3 Å². The van der Waals surface area contributed by atoms with Gasteiger partial charge in [-0.25, -0.2) is 4.79 Å². The molecule has 1 aliphatic carbocycles. The molecule has 1 saturated carbocycles. The van der Waals surface area contributed by atoms with Crippen molar-refractivity contribution in [3.8, 4) is 0 Å². The first-order valence-electron chi connectivity index (χ1n) is 6.38. The number of rotatable bonds is 6. The topological polar surface area (TPSA) is 67.4 Å². The molecule has 0 radical (unpaired) electrons. The van der Waals surface area contributed by atoms with Crippen LogP contribution in [0.15, 0.2) is 24.3 Å². The first-order valence-corrected chi connectivity index (χ1v) is 6.38. The number of carbonyl (C=O) groups excluding carboxylic acids is 2. The molecular formula is C14H19ClN2O3. The van der Waals surface area contributed by atoms with E-state index < -0.39 is 0 Å². The highest BCUT2D eigenvalue weighted by molar-refractivity contribution is 5.93. The quantitative estimate of drug-likeness (QED) is 0.786. The molecule has 1 aromatic rings. The number of carbonyl (C=O) groups is 2. The zero-order chi connectivity index (χ0) is 13.7. The zero-order valence-corrected chi connectivity index (χ0v) is 12.2. The van der Waals surface area contributed by atoms with Gasteiger partial charge in [0.05, 0.1) is 19.2 Å². The summed E-state index contributed by atoms with van der Waals surface area (Å²) in [6.45, 7) is 1.23. The summed E-state index contributed by atoms with van der Waals surface area (Å²) in [5, 5.41) is 5.89. The minimum Gasteiger partial charge on any atom is -0.465 e. The van der Waals surface area contributed by atoms with Gasteiger partial charge < -0.3 is 15.4 Å². The van der Waals surface area contributed by atoms with Crippen molar-refractivity contribution >= 4 is 30.0 Å². The van der Waals surface area contributed by atoms with Crippen LogP contribution in [-0.2, 0) is 9.53 Å². The second kappa shape index (κ2) is 7.87. The van der Waals surface area contributed by atoms with Gasteiger partial charge in [0.15, 0.2) is 0 Å². The molecule has 0 bridgehead atoms. The van der Waals surface area contributed by atoms with E-state index in [1.54, 1.807) is 24.3 Å². The fourth-order valence-corrected chi connectivity index (χ4v) is 1.72. The van der Waals surface area contributed by atoms with Gasteiger partial charge in [0.25, 0.3) is 0 Å². The zero-order valence-electron chi connectivity index (χ0n) is 11.3. The van der Waals surface area contributed by atoms with E-state index in [2.05, 4.69) is 15.4 Å². The van der Waals surface area contributed by atoms with Crippen LogP contribution in [0.1, 0.15) is 23.2 Å². The number of halogens is 1. The molecule has 0 atom stereocenters. The van der Waals surface area contributed by atoms with Crippen molar-refractivity contribution in [2.24, 2.45) is 5.92 Å². The number of esters is 1. The molecule has 0 heterocycles. The van der Waals surface area contributed by atoms with Crippen LogP contribution in [0.3, 0.4) is 0 Å². The van der Waals surface area contributed by atoms with Crippen molar-refractivity contribution in [3.05, 3.63) is 29.8 Å². The summed E-state index contributed by atoms with van der Waals surface area (Å²) < 4.78 is 4.60. The Labute approximate surface area is 124 Å². The number of methoxy groups -OCH3 is 1. The molecule has 0 aliphatic heterocycles. The van der Waals surface area contributed by atoms with Gasteiger partial charge >= 0.3 is 5.97 Å². The van der Waals surface area contributed by atoms with Crippen LogP contribution in [-0.4, -0.2) is 32.1 Å². The average Bonchev–Trinajstić information content (AvgIpc) is 3.23. The normalized spacial score (nSPS) is 13.2. The molecule has 110 valence electrons. The van der Waals surface area contributed by atoms with E-state index in [9.17, 15) is 9.59 Å². The lowest BCUT2D eigenvalue weighted by Crippen LogP contribution is -2.29. The minimum atomic E-state index is -0.385. The molecule has 0 aromatic heterocycles. The summed E-state index contributed by atoms with van der Waals surface area (Å²) in [5.41, 5.74) is 1.14. The Morgan fingerprint density at radius 2 is 1.90 bits per heavy atom. The summed E-state index contributed by atoms with van der Waals surface area (Å²) in [5.74, 6) is 0.294. The molecule has 5 nitrogen and oxygen atoms in total. The number of hydrogen-bond donors (Lipinski definition) is 2. The molecule has 1 aromatic carbocycles. The number of hydrogen-bond acceptors (Lipinski definition) is 4. The van der Waals surface area contributed by atoms with Crippen LogP contribution < -0.4 is 10.6 Å². The molecule has 6 heteroatoms. The van der Waals surface area contributed by atoms with Gasteiger partial charge in [0.2, 0.25) is 5.91 Å². The first-order chi connectivity index (χ1) is 9.19. The van der Waals surface area contributed by atoms with Crippen molar-refractivity contribution in [1.29, 1.82) is 0 Å². The van der Waals surface area contributed by atoms with Crippen molar-refractivity contribution in [2.75, 3.05) is 25.5 Å². The summed E-state index contributed by atoms with van der Waals surface area (Å²) in [4.78, 5) is 22.9. The summed E-state index contributed by atoms with van der Waals surface area (Å²) in [6.07, 6.45) is 2.53. The van der Waals surface area contributed by atoms with Crippen molar-refractivity contribution in [1.82, 2.24) is 5.32 Å². The number of benzene rings is 1. The molecule has 0 unspecified atom stereocenters. The van der Waals surface area contributed by atoms with Crippen molar-refractivity contribution in [3.63, 3.8) is 0 Å². The molecule has 2 N–H and O–H groups in total. The van der Waals surface area contributed by atoms with E-state index in [0.29, 0.717) is 17.8 Å². The molecular weight excluding hydrogens is 280 g/mol. The number of anilines is 1. The third-order valence-electron chi connectivity index (χ3n) is 3.01. The fraction of sp³-hybridized carbons (Fsp3) is 0.429. The van der Waals surface area contributed by atoms with E-state index >= 15 is 0 Å². The second-order valence-corrected chi connectivity index (χ2v) is 4.69. The minimum absolute atomic E-state index is 0. The van der Waals surface area contributed by atoms with Crippen LogP contribution in [0.5, 0.6) is 0 Å². The van der Waals surface area contributed by atoms with Gasteiger partial charge in [-0.3, -0.25) is 4.79 Å². The SMILES string of the molecule is COC(=O)c1ccc(NC(=O)CNCC2CC2)cc1.Cl. The Balaban J connectivity index is 0.00000200. The molecule has 1 fully saturated rings. The third kappa shape index (κ3) is 5.19. The maximum Gasteiger partial charge on any atom is 0.337 e. The van der Waals surface area contributed by atoms with E-state index in [4.69, 9.17) is 0 Å². The Kier molecular flexibility index (Phi) is 6.48. The third-order valence-corrected chi connectivity index (χ3v) is 3.01.